The normalized spacial score (nSPS) is 15.9. The second-order valence-corrected chi connectivity index (χ2v) is 7.36. The summed E-state index contributed by atoms with van der Waals surface area (Å²) in [6, 6.07) is 2.04. The van der Waals surface area contributed by atoms with Crippen LogP contribution in [0.3, 0.4) is 0 Å². The fraction of sp³-hybridized carbons (Fsp3) is 0.368. The molecule has 1 fully saturated rings. The van der Waals surface area contributed by atoms with Crippen LogP contribution in [0, 0.1) is 5.92 Å². The molecule has 0 spiro atoms. The fourth-order valence-electron chi connectivity index (χ4n) is 3.58. The van der Waals surface area contributed by atoms with Gasteiger partial charge in [-0.05, 0) is 49.9 Å². The average Bonchev–Trinajstić information content (AvgIpc) is 3.11. The third-order valence-corrected chi connectivity index (χ3v) is 5.36. The molecule has 0 atom stereocenters. The summed E-state index contributed by atoms with van der Waals surface area (Å²) in [7, 11) is 5.97. The van der Waals surface area contributed by atoms with E-state index in [1.54, 1.807) is 17.1 Å². The van der Waals surface area contributed by atoms with Gasteiger partial charge in [0.2, 0.25) is 5.91 Å². The molecule has 0 unspecified atom stereocenters. The van der Waals surface area contributed by atoms with Crippen molar-refractivity contribution in [3.63, 3.8) is 0 Å². The number of rotatable bonds is 3. The SMILES string of the molecule is Bc1c(NC(=O)C2CCN(C)CC2)ncc2cnc(-c3cnn(C)c3)cc12. The lowest BCUT2D eigenvalue weighted by molar-refractivity contribution is -0.121. The number of anilines is 1. The first-order valence-corrected chi connectivity index (χ1v) is 9.25. The Morgan fingerprint density at radius 1 is 1.19 bits per heavy atom. The Kier molecular flexibility index (Phi) is 4.65. The molecule has 138 valence electrons. The summed E-state index contributed by atoms with van der Waals surface area (Å²) in [4.78, 5) is 23.9. The van der Waals surface area contributed by atoms with Crippen molar-refractivity contribution < 1.29 is 4.79 Å². The predicted octanol–water partition coefficient (Wildman–Crippen LogP) is 0.569. The van der Waals surface area contributed by atoms with Crippen molar-refractivity contribution in [3.05, 3.63) is 30.9 Å². The second kappa shape index (κ2) is 7.11. The number of hydrogen-bond acceptors (Lipinski definition) is 5. The maximum atomic E-state index is 12.7. The minimum Gasteiger partial charge on any atom is -0.311 e. The average molecular weight is 362 g/mol. The van der Waals surface area contributed by atoms with Gasteiger partial charge in [0.15, 0.2) is 0 Å². The third-order valence-electron chi connectivity index (χ3n) is 5.36. The van der Waals surface area contributed by atoms with E-state index >= 15 is 0 Å². The molecule has 4 rings (SSSR count). The molecule has 0 aliphatic carbocycles. The molecule has 1 aliphatic heterocycles. The van der Waals surface area contributed by atoms with Crippen molar-refractivity contribution in [1.82, 2.24) is 24.6 Å². The first-order valence-electron chi connectivity index (χ1n) is 9.25. The smallest absolute Gasteiger partial charge is 0.228 e. The quantitative estimate of drug-likeness (QED) is 0.690. The zero-order valence-corrected chi connectivity index (χ0v) is 15.9. The van der Waals surface area contributed by atoms with Gasteiger partial charge in [-0.3, -0.25) is 14.5 Å². The Labute approximate surface area is 159 Å². The summed E-state index contributed by atoms with van der Waals surface area (Å²) in [5, 5.41) is 9.25. The van der Waals surface area contributed by atoms with Crippen molar-refractivity contribution in [2.75, 3.05) is 25.5 Å². The molecule has 4 heterocycles. The molecule has 0 saturated carbocycles. The molecule has 1 amide bonds. The van der Waals surface area contributed by atoms with Gasteiger partial charge in [-0.2, -0.15) is 5.10 Å². The molecule has 3 aromatic heterocycles. The first kappa shape index (κ1) is 17.7. The minimum absolute atomic E-state index is 0.0569. The summed E-state index contributed by atoms with van der Waals surface area (Å²) >= 11 is 0. The highest BCUT2D eigenvalue weighted by Crippen LogP contribution is 2.22. The lowest BCUT2D eigenvalue weighted by atomic mass is 9.90. The van der Waals surface area contributed by atoms with Crippen LogP contribution < -0.4 is 10.8 Å². The number of fused-ring (bicyclic) bond motifs is 1. The van der Waals surface area contributed by atoms with Crippen LogP contribution in [0.4, 0.5) is 5.82 Å². The number of carbonyl (C=O) groups excluding carboxylic acids is 1. The summed E-state index contributed by atoms with van der Waals surface area (Å²) in [6.45, 7) is 1.92. The van der Waals surface area contributed by atoms with E-state index in [4.69, 9.17) is 0 Å². The Morgan fingerprint density at radius 3 is 2.63 bits per heavy atom. The molecule has 7 nitrogen and oxygen atoms in total. The molecular formula is C19H23BN6O. The van der Waals surface area contributed by atoms with Crippen molar-refractivity contribution in [2.45, 2.75) is 12.8 Å². The zero-order valence-electron chi connectivity index (χ0n) is 15.9. The molecule has 0 bridgehead atoms. The van der Waals surface area contributed by atoms with Gasteiger partial charge < -0.3 is 10.2 Å². The number of carbonyl (C=O) groups is 1. The highest BCUT2D eigenvalue weighted by atomic mass is 16.1. The Hall–Kier alpha value is -2.74. The van der Waals surface area contributed by atoms with Gasteiger partial charge in [-0.15, -0.1) is 0 Å². The standard InChI is InChI=1S/C19H23BN6O/c1-25-5-3-12(4-6-25)19(27)24-18-17(20)15-7-16(14-10-23-26(2)11-14)21-8-13(15)9-22-18/h7-12H,3-6,20H2,1-2H3,(H,22,24,27). The fourth-order valence-corrected chi connectivity index (χ4v) is 3.58. The van der Waals surface area contributed by atoms with Crippen LogP contribution in [-0.4, -0.2) is 58.5 Å². The van der Waals surface area contributed by atoms with E-state index < -0.39 is 0 Å². The van der Waals surface area contributed by atoms with Crippen LogP contribution in [0.5, 0.6) is 0 Å². The highest BCUT2D eigenvalue weighted by molar-refractivity contribution is 6.42. The van der Waals surface area contributed by atoms with Crippen molar-refractivity contribution in [1.29, 1.82) is 0 Å². The molecule has 27 heavy (non-hydrogen) atoms. The number of hydrogen-bond donors (Lipinski definition) is 1. The lowest BCUT2D eigenvalue weighted by Crippen LogP contribution is -2.36. The summed E-state index contributed by atoms with van der Waals surface area (Å²) in [5.41, 5.74) is 2.78. The Balaban J connectivity index is 1.61. The Morgan fingerprint density at radius 2 is 1.93 bits per heavy atom. The van der Waals surface area contributed by atoms with Gasteiger partial charge >= 0.3 is 0 Å². The van der Waals surface area contributed by atoms with Gasteiger partial charge in [0.1, 0.15) is 13.7 Å². The molecule has 1 aliphatic rings. The number of aryl methyl sites for hydroxylation is 1. The van der Waals surface area contributed by atoms with Crippen molar-refractivity contribution in [2.24, 2.45) is 13.0 Å². The molecule has 3 aromatic rings. The minimum atomic E-state index is 0.0569. The summed E-state index contributed by atoms with van der Waals surface area (Å²) in [6.07, 6.45) is 9.11. The summed E-state index contributed by atoms with van der Waals surface area (Å²) in [5.74, 6) is 0.760. The number of piperidine rings is 1. The van der Waals surface area contributed by atoms with Crippen molar-refractivity contribution >= 4 is 35.8 Å². The van der Waals surface area contributed by atoms with Gasteiger partial charge in [0.25, 0.3) is 0 Å². The van der Waals surface area contributed by atoms with Crippen molar-refractivity contribution in [3.8, 4) is 11.3 Å². The number of aromatic nitrogens is 4. The zero-order chi connectivity index (χ0) is 19.0. The molecule has 0 aromatic carbocycles. The number of likely N-dealkylation sites (tertiary alicyclic amines) is 1. The number of nitrogens with zero attached hydrogens (tertiary/aromatic N) is 5. The predicted molar refractivity (Wildman–Crippen MR) is 109 cm³/mol. The van der Waals surface area contributed by atoms with Gasteiger partial charge in [-0.1, -0.05) is 0 Å². The van der Waals surface area contributed by atoms with E-state index in [1.165, 1.54) is 0 Å². The van der Waals surface area contributed by atoms with Crippen LogP contribution in [-0.2, 0) is 11.8 Å². The maximum Gasteiger partial charge on any atom is 0.228 e. The van der Waals surface area contributed by atoms with E-state index in [-0.39, 0.29) is 11.8 Å². The Bertz CT molecular complexity index is 993. The van der Waals surface area contributed by atoms with E-state index in [1.807, 2.05) is 33.4 Å². The van der Waals surface area contributed by atoms with Gasteiger partial charge in [0, 0.05) is 42.5 Å². The molecule has 1 saturated heterocycles. The van der Waals surface area contributed by atoms with Crippen LogP contribution in [0.25, 0.3) is 22.0 Å². The lowest BCUT2D eigenvalue weighted by Gasteiger charge is -2.28. The number of nitrogens with one attached hydrogen (secondary N) is 1. The van der Waals surface area contributed by atoms with Crippen LogP contribution in [0.2, 0.25) is 0 Å². The van der Waals surface area contributed by atoms with Crippen LogP contribution in [0.15, 0.2) is 30.9 Å². The maximum absolute atomic E-state index is 12.7. The third kappa shape index (κ3) is 3.57. The highest BCUT2D eigenvalue weighted by Gasteiger charge is 2.24. The van der Waals surface area contributed by atoms with E-state index in [0.29, 0.717) is 5.82 Å². The number of pyridine rings is 2. The van der Waals surface area contributed by atoms with E-state index in [9.17, 15) is 4.79 Å². The second-order valence-electron chi connectivity index (χ2n) is 7.36. The van der Waals surface area contributed by atoms with E-state index in [0.717, 1.165) is 53.4 Å². The summed E-state index contributed by atoms with van der Waals surface area (Å²) < 4.78 is 1.76. The molecule has 8 heteroatoms. The number of amides is 1. The molecule has 1 N–H and O–H groups in total. The van der Waals surface area contributed by atoms with Crippen LogP contribution >= 0.6 is 0 Å². The first-order chi connectivity index (χ1) is 13.0. The van der Waals surface area contributed by atoms with Gasteiger partial charge in [0.05, 0.1) is 11.9 Å². The van der Waals surface area contributed by atoms with Gasteiger partial charge in [-0.25, -0.2) is 4.98 Å². The molecule has 0 radical (unpaired) electrons. The van der Waals surface area contributed by atoms with E-state index in [2.05, 4.69) is 32.3 Å². The monoisotopic (exact) mass is 362 g/mol. The topological polar surface area (TPSA) is 75.9 Å². The largest absolute Gasteiger partial charge is 0.311 e. The molecular weight excluding hydrogens is 339 g/mol. The van der Waals surface area contributed by atoms with Crippen LogP contribution in [0.1, 0.15) is 12.8 Å².